The van der Waals surface area contributed by atoms with Crippen LogP contribution in [-0.4, -0.2) is 48.1 Å². The van der Waals surface area contributed by atoms with Crippen LogP contribution in [0, 0.1) is 0 Å². The summed E-state index contributed by atoms with van der Waals surface area (Å²) in [5.74, 6) is -0.358. The van der Waals surface area contributed by atoms with E-state index in [0.29, 0.717) is 10.6 Å². The fourth-order valence-corrected chi connectivity index (χ4v) is 1.87. The average molecular weight is 368 g/mol. The number of carbonyl (C=O) groups is 1. The molecule has 0 aliphatic heterocycles. The molecule has 0 saturated carbocycles. The van der Waals surface area contributed by atoms with Crippen LogP contribution in [-0.2, 0) is 9.63 Å². The summed E-state index contributed by atoms with van der Waals surface area (Å²) in [6.45, 7) is -0.576. The predicted octanol–water partition coefficient (Wildman–Crippen LogP) is 2.37. The fraction of sp³-hybridized carbons (Fsp3) is 0.200. The van der Waals surface area contributed by atoms with Gasteiger partial charge in [0.15, 0.2) is 0 Å². The summed E-state index contributed by atoms with van der Waals surface area (Å²) < 4.78 is 15.7. The van der Waals surface area contributed by atoms with Crippen molar-refractivity contribution in [2.45, 2.75) is 0 Å². The Morgan fingerprint density at radius 1 is 1.28 bits per heavy atom. The number of carboxylic acid groups (broad SMARTS) is 1. The molecule has 10 heteroatoms. The van der Waals surface area contributed by atoms with E-state index in [-0.39, 0.29) is 23.5 Å². The van der Waals surface area contributed by atoms with Crippen molar-refractivity contribution >= 4 is 23.8 Å². The number of aliphatic carboxylic acids is 1. The van der Waals surface area contributed by atoms with Crippen molar-refractivity contribution in [3.8, 4) is 23.5 Å². The first-order valence-corrected chi connectivity index (χ1v) is 7.22. The lowest BCUT2D eigenvalue weighted by Crippen LogP contribution is -2.03. The van der Waals surface area contributed by atoms with Gasteiger partial charge in [-0.2, -0.15) is 9.97 Å². The Morgan fingerprint density at radius 2 is 1.96 bits per heavy atom. The van der Waals surface area contributed by atoms with Gasteiger partial charge in [-0.25, -0.2) is 4.79 Å². The van der Waals surface area contributed by atoms with Crippen molar-refractivity contribution in [3.63, 3.8) is 0 Å². The maximum absolute atomic E-state index is 10.4. The van der Waals surface area contributed by atoms with Crippen LogP contribution in [0.25, 0.3) is 0 Å². The number of hydrogen-bond acceptors (Lipinski definition) is 8. The van der Waals surface area contributed by atoms with E-state index >= 15 is 0 Å². The third-order valence-electron chi connectivity index (χ3n) is 2.74. The molecule has 0 bridgehead atoms. The Hall–Kier alpha value is -3.07. The van der Waals surface area contributed by atoms with Crippen LogP contribution in [0.15, 0.2) is 29.4 Å². The van der Waals surface area contributed by atoms with Gasteiger partial charge in [0.25, 0.3) is 0 Å². The Kier molecular flexibility index (Phi) is 6.35. The minimum atomic E-state index is -1.15. The van der Waals surface area contributed by atoms with Crippen LogP contribution in [0.1, 0.15) is 5.56 Å². The number of aromatic nitrogens is 2. The maximum atomic E-state index is 10.4. The summed E-state index contributed by atoms with van der Waals surface area (Å²) in [4.78, 5) is 23.1. The van der Waals surface area contributed by atoms with Crippen molar-refractivity contribution in [1.82, 2.24) is 9.97 Å². The van der Waals surface area contributed by atoms with Crippen molar-refractivity contribution in [2.24, 2.45) is 5.16 Å². The summed E-state index contributed by atoms with van der Waals surface area (Å²) in [6, 6.07) is 6.34. The lowest BCUT2D eigenvalue weighted by atomic mass is 10.2. The van der Waals surface area contributed by atoms with Crippen LogP contribution < -0.4 is 14.2 Å². The molecule has 25 heavy (non-hydrogen) atoms. The van der Waals surface area contributed by atoms with E-state index in [1.54, 1.807) is 18.2 Å². The van der Waals surface area contributed by atoms with E-state index in [1.807, 2.05) is 0 Å². The molecule has 9 nitrogen and oxygen atoms in total. The molecule has 1 heterocycles. The second-order valence-electron chi connectivity index (χ2n) is 4.39. The molecule has 0 atom stereocenters. The largest absolute Gasteiger partial charge is 0.481 e. The van der Waals surface area contributed by atoms with E-state index in [0.717, 1.165) is 0 Å². The Bertz CT molecular complexity index is 762. The molecule has 0 aliphatic rings. The SMILES string of the molecule is COc1cc(OC)nc(Oc2cccc(Cl)c2/C=N/OCC(=O)O)n1. The molecular formula is C15H14ClN3O6. The van der Waals surface area contributed by atoms with Crippen molar-refractivity contribution in [1.29, 1.82) is 0 Å². The number of rotatable bonds is 8. The van der Waals surface area contributed by atoms with E-state index in [4.69, 9.17) is 30.9 Å². The molecule has 1 N–H and O–H groups in total. The summed E-state index contributed by atoms with van der Waals surface area (Å²) in [7, 11) is 2.89. The second-order valence-corrected chi connectivity index (χ2v) is 4.80. The summed E-state index contributed by atoms with van der Waals surface area (Å²) in [5, 5.41) is 12.4. The van der Waals surface area contributed by atoms with Gasteiger partial charge < -0.3 is 24.2 Å². The van der Waals surface area contributed by atoms with E-state index in [9.17, 15) is 4.79 Å². The highest BCUT2D eigenvalue weighted by atomic mass is 35.5. The zero-order chi connectivity index (χ0) is 18.2. The van der Waals surface area contributed by atoms with E-state index in [1.165, 1.54) is 26.5 Å². The van der Waals surface area contributed by atoms with Gasteiger partial charge in [-0.3, -0.25) is 0 Å². The maximum Gasteiger partial charge on any atom is 0.344 e. The molecule has 2 aromatic rings. The van der Waals surface area contributed by atoms with Gasteiger partial charge >= 0.3 is 12.0 Å². The fourth-order valence-electron chi connectivity index (χ4n) is 1.65. The van der Waals surface area contributed by atoms with Crippen molar-refractivity contribution in [2.75, 3.05) is 20.8 Å². The van der Waals surface area contributed by atoms with Gasteiger partial charge in [-0.1, -0.05) is 22.8 Å². The standard InChI is InChI=1S/C15H14ClN3O6/c1-22-12-6-13(23-2)19-15(18-12)25-11-5-3-4-10(16)9(11)7-17-24-8-14(20)21/h3-7H,8H2,1-2H3,(H,20,21)/b17-7+. The lowest BCUT2D eigenvalue weighted by molar-refractivity contribution is -0.142. The van der Waals surface area contributed by atoms with Crippen molar-refractivity contribution < 1.29 is 28.9 Å². The Morgan fingerprint density at radius 3 is 2.56 bits per heavy atom. The zero-order valence-corrected chi connectivity index (χ0v) is 14.1. The molecule has 0 fully saturated rings. The monoisotopic (exact) mass is 367 g/mol. The number of carboxylic acids is 1. The smallest absolute Gasteiger partial charge is 0.344 e. The number of halogens is 1. The minimum Gasteiger partial charge on any atom is -0.481 e. The van der Waals surface area contributed by atoms with Gasteiger partial charge in [0.1, 0.15) is 5.75 Å². The van der Waals surface area contributed by atoms with Crippen LogP contribution in [0.5, 0.6) is 23.5 Å². The molecule has 0 amide bonds. The summed E-state index contributed by atoms with van der Waals surface area (Å²) >= 11 is 6.12. The molecule has 0 aliphatic carbocycles. The quantitative estimate of drug-likeness (QED) is 0.559. The molecule has 132 valence electrons. The Balaban J connectivity index is 2.28. The molecule has 2 rings (SSSR count). The first-order chi connectivity index (χ1) is 12.0. The normalized spacial score (nSPS) is 10.5. The predicted molar refractivity (Wildman–Crippen MR) is 87.8 cm³/mol. The van der Waals surface area contributed by atoms with Crippen LogP contribution in [0.4, 0.5) is 0 Å². The third kappa shape index (κ3) is 5.21. The van der Waals surface area contributed by atoms with E-state index in [2.05, 4.69) is 20.0 Å². The molecular weight excluding hydrogens is 354 g/mol. The molecule has 1 aromatic carbocycles. The van der Waals surface area contributed by atoms with Gasteiger partial charge in [0, 0.05) is 0 Å². The van der Waals surface area contributed by atoms with Gasteiger partial charge in [-0.05, 0) is 12.1 Å². The third-order valence-corrected chi connectivity index (χ3v) is 3.07. The average Bonchev–Trinajstić information content (AvgIpc) is 2.60. The van der Waals surface area contributed by atoms with Crippen LogP contribution >= 0.6 is 11.6 Å². The van der Waals surface area contributed by atoms with Crippen LogP contribution in [0.2, 0.25) is 5.02 Å². The number of ether oxygens (including phenoxy) is 3. The summed E-state index contributed by atoms with van der Waals surface area (Å²) in [6.07, 6.45) is 1.23. The highest BCUT2D eigenvalue weighted by Gasteiger charge is 2.12. The van der Waals surface area contributed by atoms with E-state index < -0.39 is 12.6 Å². The molecule has 0 saturated heterocycles. The first kappa shape index (κ1) is 18.3. The zero-order valence-electron chi connectivity index (χ0n) is 13.3. The number of hydrogen-bond donors (Lipinski definition) is 1. The number of methoxy groups -OCH3 is 2. The van der Waals surface area contributed by atoms with Crippen molar-refractivity contribution in [3.05, 3.63) is 34.9 Å². The first-order valence-electron chi connectivity index (χ1n) is 6.84. The number of benzene rings is 1. The lowest BCUT2D eigenvalue weighted by Gasteiger charge is -2.10. The molecule has 1 aromatic heterocycles. The highest BCUT2D eigenvalue weighted by molar-refractivity contribution is 6.33. The molecule has 0 spiro atoms. The highest BCUT2D eigenvalue weighted by Crippen LogP contribution is 2.29. The second kappa shape index (κ2) is 8.69. The van der Waals surface area contributed by atoms with Gasteiger partial charge in [0.2, 0.25) is 18.4 Å². The van der Waals surface area contributed by atoms with Gasteiger partial charge in [0.05, 0.1) is 37.1 Å². The van der Waals surface area contributed by atoms with Crippen LogP contribution in [0.3, 0.4) is 0 Å². The molecule has 0 unspecified atom stereocenters. The van der Waals surface area contributed by atoms with Gasteiger partial charge in [-0.15, -0.1) is 0 Å². The summed E-state index contributed by atoms with van der Waals surface area (Å²) in [5.41, 5.74) is 0.361. The Labute approximate surface area is 147 Å². The minimum absolute atomic E-state index is 0.0282. The topological polar surface area (TPSA) is 112 Å². The number of oxime groups is 1. The molecule has 0 radical (unpaired) electrons. The number of nitrogens with zero attached hydrogens (tertiary/aromatic N) is 3.